The van der Waals surface area contributed by atoms with E-state index in [1.54, 1.807) is 0 Å². The summed E-state index contributed by atoms with van der Waals surface area (Å²) in [5.41, 5.74) is 3.12. The molecule has 0 fully saturated rings. The van der Waals surface area contributed by atoms with Gasteiger partial charge in [0.05, 0.1) is 6.67 Å². The molecule has 0 aliphatic heterocycles. The molecule has 0 unspecified atom stereocenters. The second kappa shape index (κ2) is 6.83. The zero-order valence-electron chi connectivity index (χ0n) is 13.1. The van der Waals surface area contributed by atoms with E-state index in [2.05, 4.69) is 31.3 Å². The predicted molar refractivity (Wildman–Crippen MR) is 91.6 cm³/mol. The lowest BCUT2D eigenvalue weighted by molar-refractivity contribution is 0.309. The van der Waals surface area contributed by atoms with Crippen molar-refractivity contribution in [3.63, 3.8) is 0 Å². The Bertz CT molecular complexity index is 858. The Labute approximate surface area is 142 Å². The third-order valence-corrected chi connectivity index (χ3v) is 3.58. The van der Waals surface area contributed by atoms with Crippen LogP contribution in [0.4, 0.5) is 11.6 Å². The van der Waals surface area contributed by atoms with Gasteiger partial charge in [-0.1, -0.05) is 60.7 Å². The first-order valence-electron chi connectivity index (χ1n) is 7.65. The van der Waals surface area contributed by atoms with E-state index in [1.165, 1.54) is 0 Å². The number of nitrogens with one attached hydrogen (secondary N) is 2. The van der Waals surface area contributed by atoms with E-state index in [4.69, 9.17) is 9.26 Å². The molecule has 0 amide bonds. The number of hydrogen-bond acceptors (Lipinski definition) is 8. The third kappa shape index (κ3) is 3.18. The molecule has 0 spiro atoms. The highest BCUT2D eigenvalue weighted by molar-refractivity contribution is 5.72. The molecule has 124 valence electrons. The summed E-state index contributed by atoms with van der Waals surface area (Å²) in [6.07, 6.45) is 0. The second-order valence-electron chi connectivity index (χ2n) is 5.19. The highest BCUT2D eigenvalue weighted by atomic mass is 16.6. The minimum Gasteiger partial charge on any atom is -0.348 e. The maximum absolute atomic E-state index is 4.84. The van der Waals surface area contributed by atoms with E-state index in [1.807, 2.05) is 60.7 Å². The Kier molecular flexibility index (Phi) is 4.07. The predicted octanol–water partition coefficient (Wildman–Crippen LogP) is 3.27. The molecule has 0 aliphatic rings. The summed E-state index contributed by atoms with van der Waals surface area (Å²) in [4.78, 5) is 0. The largest absolute Gasteiger partial charge is 0.348 e. The van der Waals surface area contributed by atoms with E-state index < -0.39 is 0 Å². The summed E-state index contributed by atoms with van der Waals surface area (Å²) in [6, 6.07) is 19.3. The van der Waals surface area contributed by atoms with Gasteiger partial charge in [-0.3, -0.25) is 0 Å². The molecule has 4 rings (SSSR count). The van der Waals surface area contributed by atoms with Crippen LogP contribution in [-0.2, 0) is 0 Å². The van der Waals surface area contributed by atoms with E-state index >= 15 is 0 Å². The zero-order chi connectivity index (χ0) is 16.9. The topological polar surface area (TPSA) is 102 Å². The van der Waals surface area contributed by atoms with Crippen LogP contribution in [0.2, 0.25) is 0 Å². The summed E-state index contributed by atoms with van der Waals surface area (Å²) < 4.78 is 9.69. The average Bonchev–Trinajstić information content (AvgIpc) is 3.33. The van der Waals surface area contributed by atoms with Gasteiger partial charge < -0.3 is 10.6 Å². The van der Waals surface area contributed by atoms with Crippen LogP contribution in [0.1, 0.15) is 0 Å². The van der Waals surface area contributed by atoms with Crippen molar-refractivity contribution in [2.45, 2.75) is 0 Å². The molecule has 8 heteroatoms. The first-order valence-corrected chi connectivity index (χ1v) is 7.65. The van der Waals surface area contributed by atoms with Crippen molar-refractivity contribution in [2.24, 2.45) is 0 Å². The Morgan fingerprint density at radius 1 is 0.600 bits per heavy atom. The fraction of sp³-hybridized carbons (Fsp3) is 0.0588. The van der Waals surface area contributed by atoms with Crippen LogP contribution >= 0.6 is 0 Å². The van der Waals surface area contributed by atoms with E-state index in [0.717, 1.165) is 11.1 Å². The van der Waals surface area contributed by atoms with E-state index in [0.29, 0.717) is 29.7 Å². The summed E-state index contributed by atoms with van der Waals surface area (Å²) in [5.74, 6) is 1.08. The van der Waals surface area contributed by atoms with Crippen LogP contribution in [0.5, 0.6) is 0 Å². The van der Waals surface area contributed by atoms with Crippen LogP contribution in [-0.4, -0.2) is 27.3 Å². The summed E-state index contributed by atoms with van der Waals surface area (Å²) >= 11 is 0. The second-order valence-corrected chi connectivity index (χ2v) is 5.19. The SMILES string of the molecule is c1ccc(-c2nonc2NCNc2nonc2-c2ccccc2)cc1. The van der Waals surface area contributed by atoms with Gasteiger partial charge in [-0.25, -0.2) is 9.26 Å². The number of aromatic nitrogens is 4. The fourth-order valence-corrected chi connectivity index (χ4v) is 2.39. The molecule has 0 atom stereocenters. The summed E-state index contributed by atoms with van der Waals surface area (Å²) in [7, 11) is 0. The molecule has 2 aromatic carbocycles. The van der Waals surface area contributed by atoms with Gasteiger partial charge in [-0.2, -0.15) is 0 Å². The van der Waals surface area contributed by atoms with Gasteiger partial charge >= 0.3 is 0 Å². The van der Waals surface area contributed by atoms with Crippen molar-refractivity contribution in [1.82, 2.24) is 20.6 Å². The number of rotatable bonds is 6. The van der Waals surface area contributed by atoms with Crippen molar-refractivity contribution in [3.05, 3.63) is 60.7 Å². The van der Waals surface area contributed by atoms with Gasteiger partial charge in [0.25, 0.3) is 0 Å². The lowest BCUT2D eigenvalue weighted by Gasteiger charge is -2.06. The fourth-order valence-electron chi connectivity index (χ4n) is 2.39. The first kappa shape index (κ1) is 14.9. The minimum atomic E-state index is 0.349. The molecule has 0 radical (unpaired) electrons. The van der Waals surface area contributed by atoms with Crippen LogP contribution in [0.25, 0.3) is 22.5 Å². The normalized spacial score (nSPS) is 10.6. The molecule has 2 N–H and O–H groups in total. The standard InChI is InChI=1S/C17H14N6O2/c1-3-7-12(8-4-1)14-16(22-24-20-14)18-11-19-17-15(21-25-23-17)13-9-5-2-6-10-13/h1-10H,11H2,(H,18,22)(H,19,23). The Morgan fingerprint density at radius 3 is 1.48 bits per heavy atom. The smallest absolute Gasteiger partial charge is 0.200 e. The molecule has 2 heterocycles. The van der Waals surface area contributed by atoms with Crippen molar-refractivity contribution in [1.29, 1.82) is 0 Å². The maximum atomic E-state index is 4.84. The molecule has 2 aromatic heterocycles. The van der Waals surface area contributed by atoms with Crippen LogP contribution in [0, 0.1) is 0 Å². The number of nitrogens with zero attached hydrogens (tertiary/aromatic N) is 4. The molecule has 0 saturated carbocycles. The Balaban J connectivity index is 1.45. The summed E-state index contributed by atoms with van der Waals surface area (Å²) in [5, 5.41) is 21.9. The molecular formula is C17H14N6O2. The Hall–Kier alpha value is -3.68. The minimum absolute atomic E-state index is 0.349. The maximum Gasteiger partial charge on any atom is 0.200 e. The van der Waals surface area contributed by atoms with Gasteiger partial charge in [0.2, 0.25) is 0 Å². The molecule has 0 saturated heterocycles. The highest BCUT2D eigenvalue weighted by Crippen LogP contribution is 2.25. The van der Waals surface area contributed by atoms with E-state index in [-0.39, 0.29) is 0 Å². The lowest BCUT2D eigenvalue weighted by Crippen LogP contribution is -2.13. The highest BCUT2D eigenvalue weighted by Gasteiger charge is 2.14. The van der Waals surface area contributed by atoms with Crippen molar-refractivity contribution in [2.75, 3.05) is 17.3 Å². The molecule has 25 heavy (non-hydrogen) atoms. The zero-order valence-corrected chi connectivity index (χ0v) is 13.1. The Morgan fingerprint density at radius 2 is 1.04 bits per heavy atom. The van der Waals surface area contributed by atoms with Crippen molar-refractivity contribution >= 4 is 11.6 Å². The average molecular weight is 334 g/mol. The first-order chi connectivity index (χ1) is 12.4. The molecule has 4 aromatic rings. The van der Waals surface area contributed by atoms with Crippen LogP contribution in [0.3, 0.4) is 0 Å². The van der Waals surface area contributed by atoms with Crippen LogP contribution < -0.4 is 10.6 Å². The third-order valence-electron chi connectivity index (χ3n) is 3.58. The van der Waals surface area contributed by atoms with Crippen LogP contribution in [0.15, 0.2) is 69.9 Å². The number of anilines is 2. The molecule has 8 nitrogen and oxygen atoms in total. The van der Waals surface area contributed by atoms with Gasteiger partial charge in [-0.05, 0) is 20.6 Å². The quantitative estimate of drug-likeness (QED) is 0.518. The van der Waals surface area contributed by atoms with Gasteiger partial charge in [0.1, 0.15) is 0 Å². The summed E-state index contributed by atoms with van der Waals surface area (Å²) in [6.45, 7) is 0.349. The molecule has 0 aliphatic carbocycles. The van der Waals surface area contributed by atoms with Gasteiger partial charge in [-0.15, -0.1) is 0 Å². The molecular weight excluding hydrogens is 320 g/mol. The number of benzene rings is 2. The van der Waals surface area contributed by atoms with E-state index in [9.17, 15) is 0 Å². The monoisotopic (exact) mass is 334 g/mol. The lowest BCUT2D eigenvalue weighted by atomic mass is 10.1. The van der Waals surface area contributed by atoms with Crippen molar-refractivity contribution in [3.8, 4) is 22.5 Å². The number of hydrogen-bond donors (Lipinski definition) is 2. The van der Waals surface area contributed by atoms with Gasteiger partial charge in [0.15, 0.2) is 23.0 Å². The van der Waals surface area contributed by atoms with Crippen molar-refractivity contribution < 1.29 is 9.26 Å². The molecule has 0 bridgehead atoms. The van der Waals surface area contributed by atoms with Gasteiger partial charge in [0, 0.05) is 11.1 Å².